The van der Waals surface area contributed by atoms with Crippen LogP contribution in [0.25, 0.3) is 10.1 Å². The smallest absolute Gasteiger partial charge is 0.101 e. The van der Waals surface area contributed by atoms with E-state index in [1.807, 2.05) is 11.4 Å². The van der Waals surface area contributed by atoms with Crippen LogP contribution in [0, 0.1) is 11.3 Å². The monoisotopic (exact) mass is 227 g/mol. The van der Waals surface area contributed by atoms with Gasteiger partial charge in [0.05, 0.1) is 15.6 Å². The van der Waals surface area contributed by atoms with Gasteiger partial charge in [0.1, 0.15) is 6.07 Å². The van der Waals surface area contributed by atoms with Crippen LogP contribution in [-0.4, -0.2) is 0 Å². The van der Waals surface area contributed by atoms with Crippen LogP contribution in [0.3, 0.4) is 0 Å². The minimum Gasteiger partial charge on any atom is -0.192 e. The van der Waals surface area contributed by atoms with Gasteiger partial charge in [0.25, 0.3) is 0 Å². The topological polar surface area (TPSA) is 23.8 Å². The van der Waals surface area contributed by atoms with Crippen molar-refractivity contribution < 1.29 is 0 Å². The molecule has 1 aromatic carbocycles. The molecule has 4 heteroatoms. The Morgan fingerprint density at radius 2 is 2.00 bits per heavy atom. The lowest BCUT2D eigenvalue weighted by atomic mass is 10.2. The number of fused-ring (bicyclic) bond motifs is 1. The second-order valence-electron chi connectivity index (χ2n) is 2.52. The van der Waals surface area contributed by atoms with Gasteiger partial charge in [0, 0.05) is 15.5 Å². The number of nitrogens with zero attached hydrogens (tertiary/aromatic N) is 1. The van der Waals surface area contributed by atoms with E-state index in [4.69, 9.17) is 28.5 Å². The van der Waals surface area contributed by atoms with Crippen molar-refractivity contribution in [1.29, 1.82) is 5.26 Å². The van der Waals surface area contributed by atoms with Gasteiger partial charge in [-0.3, -0.25) is 0 Å². The Morgan fingerprint density at radius 3 is 2.69 bits per heavy atom. The first-order chi connectivity index (χ1) is 6.22. The summed E-state index contributed by atoms with van der Waals surface area (Å²) in [6, 6.07) is 5.52. The third kappa shape index (κ3) is 1.40. The molecule has 0 aliphatic carbocycles. The van der Waals surface area contributed by atoms with Crippen molar-refractivity contribution in [2.75, 3.05) is 0 Å². The van der Waals surface area contributed by atoms with Gasteiger partial charge in [0.15, 0.2) is 0 Å². The number of thiophene rings is 1. The maximum atomic E-state index is 8.72. The first-order valence-electron chi connectivity index (χ1n) is 3.48. The maximum absolute atomic E-state index is 8.72. The lowest BCUT2D eigenvalue weighted by molar-refractivity contribution is 1.50. The highest BCUT2D eigenvalue weighted by molar-refractivity contribution is 7.17. The van der Waals surface area contributed by atoms with Gasteiger partial charge in [-0.15, -0.1) is 11.3 Å². The number of benzene rings is 1. The minimum absolute atomic E-state index is 0.454. The lowest BCUT2D eigenvalue weighted by Crippen LogP contribution is -1.75. The third-order valence-corrected chi connectivity index (χ3v) is 3.44. The Kier molecular flexibility index (Phi) is 2.17. The summed E-state index contributed by atoms with van der Waals surface area (Å²) in [5.74, 6) is 0. The van der Waals surface area contributed by atoms with Crippen molar-refractivity contribution in [1.82, 2.24) is 0 Å². The van der Waals surface area contributed by atoms with Crippen LogP contribution < -0.4 is 0 Å². The summed E-state index contributed by atoms with van der Waals surface area (Å²) in [6.45, 7) is 0. The fraction of sp³-hybridized carbons (Fsp3) is 0. The van der Waals surface area contributed by atoms with E-state index in [9.17, 15) is 0 Å². The van der Waals surface area contributed by atoms with Gasteiger partial charge in [0.2, 0.25) is 0 Å². The zero-order valence-corrected chi connectivity index (χ0v) is 8.67. The normalized spacial score (nSPS) is 10.2. The highest BCUT2D eigenvalue weighted by Gasteiger charge is 2.06. The molecule has 0 atom stereocenters. The zero-order valence-electron chi connectivity index (χ0n) is 6.34. The van der Waals surface area contributed by atoms with Gasteiger partial charge in [-0.2, -0.15) is 5.26 Å². The standard InChI is InChI=1S/C9H3Cl2NS/c10-7-2-6-8(11)4-13-9(6)1-5(7)3-12/h1-2,4H. The molecule has 64 valence electrons. The van der Waals surface area contributed by atoms with E-state index in [0.717, 1.165) is 10.1 Å². The van der Waals surface area contributed by atoms with E-state index in [1.165, 1.54) is 11.3 Å². The molecule has 13 heavy (non-hydrogen) atoms. The molecule has 0 spiro atoms. The minimum atomic E-state index is 0.454. The van der Waals surface area contributed by atoms with Crippen molar-refractivity contribution in [3.8, 4) is 6.07 Å². The second kappa shape index (κ2) is 3.19. The Morgan fingerprint density at radius 1 is 1.23 bits per heavy atom. The van der Waals surface area contributed by atoms with E-state index in [0.29, 0.717) is 15.6 Å². The van der Waals surface area contributed by atoms with E-state index >= 15 is 0 Å². The summed E-state index contributed by atoms with van der Waals surface area (Å²) in [6.07, 6.45) is 0. The molecule has 0 unspecified atom stereocenters. The van der Waals surface area contributed by atoms with E-state index in [2.05, 4.69) is 0 Å². The van der Waals surface area contributed by atoms with Crippen LogP contribution in [0.4, 0.5) is 0 Å². The van der Waals surface area contributed by atoms with Crippen molar-refractivity contribution >= 4 is 44.6 Å². The predicted octanol–water partition coefficient (Wildman–Crippen LogP) is 4.08. The van der Waals surface area contributed by atoms with Crippen LogP contribution in [0.2, 0.25) is 10.0 Å². The Hall–Kier alpha value is -0.750. The van der Waals surface area contributed by atoms with Gasteiger partial charge < -0.3 is 0 Å². The Labute approximate surface area is 89.1 Å². The highest BCUT2D eigenvalue weighted by atomic mass is 35.5. The average molecular weight is 228 g/mol. The van der Waals surface area contributed by atoms with E-state index in [1.54, 1.807) is 12.1 Å². The highest BCUT2D eigenvalue weighted by Crippen LogP contribution is 2.33. The molecule has 0 saturated heterocycles. The van der Waals surface area contributed by atoms with Gasteiger partial charge in [-0.05, 0) is 12.1 Å². The van der Waals surface area contributed by atoms with Crippen molar-refractivity contribution in [3.05, 3.63) is 33.1 Å². The SMILES string of the molecule is N#Cc1cc2scc(Cl)c2cc1Cl. The molecule has 0 aliphatic rings. The molecule has 0 aliphatic heterocycles. The molecule has 1 aromatic heterocycles. The molecule has 0 radical (unpaired) electrons. The molecule has 1 heterocycles. The molecule has 1 nitrogen and oxygen atoms in total. The van der Waals surface area contributed by atoms with Crippen LogP contribution in [-0.2, 0) is 0 Å². The largest absolute Gasteiger partial charge is 0.192 e. The summed E-state index contributed by atoms with van der Waals surface area (Å²) in [4.78, 5) is 0. The summed E-state index contributed by atoms with van der Waals surface area (Å²) >= 11 is 13.3. The molecule has 2 aromatic rings. The van der Waals surface area contributed by atoms with Gasteiger partial charge >= 0.3 is 0 Å². The number of hydrogen-bond acceptors (Lipinski definition) is 2. The van der Waals surface area contributed by atoms with Crippen LogP contribution in [0.1, 0.15) is 5.56 Å². The summed E-state index contributed by atoms with van der Waals surface area (Å²) in [7, 11) is 0. The molecular weight excluding hydrogens is 225 g/mol. The predicted molar refractivity (Wildman–Crippen MR) is 56.6 cm³/mol. The van der Waals surface area contributed by atoms with E-state index in [-0.39, 0.29) is 0 Å². The molecule has 0 amide bonds. The number of halogens is 2. The summed E-state index contributed by atoms with van der Waals surface area (Å²) in [5, 5.41) is 12.6. The van der Waals surface area contributed by atoms with Crippen molar-refractivity contribution in [2.45, 2.75) is 0 Å². The Balaban J connectivity index is 2.85. The van der Waals surface area contributed by atoms with Gasteiger partial charge in [-0.25, -0.2) is 0 Å². The molecule has 0 fully saturated rings. The number of rotatable bonds is 0. The molecule has 0 N–H and O–H groups in total. The molecule has 0 bridgehead atoms. The number of hydrogen-bond donors (Lipinski definition) is 0. The van der Waals surface area contributed by atoms with Crippen molar-refractivity contribution in [2.24, 2.45) is 0 Å². The first-order valence-corrected chi connectivity index (χ1v) is 5.12. The molecule has 2 rings (SSSR count). The van der Waals surface area contributed by atoms with Crippen LogP contribution in [0.15, 0.2) is 17.5 Å². The fourth-order valence-electron chi connectivity index (χ4n) is 1.10. The molecular formula is C9H3Cl2NS. The fourth-order valence-corrected chi connectivity index (χ4v) is 2.49. The van der Waals surface area contributed by atoms with Crippen LogP contribution >= 0.6 is 34.5 Å². The molecule has 0 saturated carbocycles. The Bertz CT molecular complexity index is 510. The van der Waals surface area contributed by atoms with Crippen molar-refractivity contribution in [3.63, 3.8) is 0 Å². The third-order valence-electron chi connectivity index (χ3n) is 1.74. The number of nitriles is 1. The quantitative estimate of drug-likeness (QED) is 0.666. The second-order valence-corrected chi connectivity index (χ2v) is 4.25. The summed E-state index contributed by atoms with van der Waals surface area (Å²) in [5.41, 5.74) is 0.493. The first kappa shape index (κ1) is 8.83. The average Bonchev–Trinajstić information content (AvgIpc) is 2.47. The summed E-state index contributed by atoms with van der Waals surface area (Å²) < 4.78 is 0.992. The van der Waals surface area contributed by atoms with E-state index < -0.39 is 0 Å². The van der Waals surface area contributed by atoms with Crippen LogP contribution in [0.5, 0.6) is 0 Å². The lowest BCUT2D eigenvalue weighted by Gasteiger charge is -1.95. The maximum Gasteiger partial charge on any atom is 0.101 e. The zero-order chi connectivity index (χ0) is 9.42. The van der Waals surface area contributed by atoms with Gasteiger partial charge in [-0.1, -0.05) is 23.2 Å².